The highest BCUT2D eigenvalue weighted by Gasteiger charge is 2.38. The molecule has 112 valence electrons. The molecule has 1 aromatic carbocycles. The molecule has 1 saturated carbocycles. The van der Waals surface area contributed by atoms with E-state index < -0.39 is 11.4 Å². The van der Waals surface area contributed by atoms with Gasteiger partial charge in [0.05, 0.1) is 12.7 Å². The average molecular weight is 280 g/mol. The molecular formula is C17H25FO2. The van der Waals surface area contributed by atoms with Crippen molar-refractivity contribution >= 4 is 0 Å². The van der Waals surface area contributed by atoms with Gasteiger partial charge in [0.2, 0.25) is 0 Å². The number of hydrogen-bond acceptors (Lipinski definition) is 2. The first-order valence-corrected chi connectivity index (χ1v) is 7.51. The van der Waals surface area contributed by atoms with Crippen molar-refractivity contribution in [3.63, 3.8) is 0 Å². The van der Waals surface area contributed by atoms with Crippen LogP contribution in [0.25, 0.3) is 0 Å². The third-order valence-electron chi connectivity index (χ3n) is 4.32. The molecule has 0 heterocycles. The quantitative estimate of drug-likeness (QED) is 0.893. The molecule has 2 nitrogen and oxygen atoms in total. The monoisotopic (exact) mass is 280 g/mol. The van der Waals surface area contributed by atoms with E-state index in [4.69, 9.17) is 4.74 Å². The summed E-state index contributed by atoms with van der Waals surface area (Å²) < 4.78 is 19.4. The van der Waals surface area contributed by atoms with Crippen molar-refractivity contribution in [2.75, 3.05) is 7.11 Å². The van der Waals surface area contributed by atoms with Crippen molar-refractivity contribution in [1.82, 2.24) is 0 Å². The standard InChI is InChI=1S/C17H25FO2/c1-12(2)10-13-6-5-9-17(19,11-13)14-7-4-8-15(20-3)16(14)18/h4,7-8,12-13,19H,5-6,9-11H2,1-3H3. The Kier molecular flexibility index (Phi) is 4.69. The molecule has 2 rings (SSSR count). The molecule has 0 aromatic heterocycles. The lowest BCUT2D eigenvalue weighted by atomic mass is 9.72. The maximum absolute atomic E-state index is 14.4. The van der Waals surface area contributed by atoms with Gasteiger partial charge >= 0.3 is 0 Å². The molecule has 0 amide bonds. The van der Waals surface area contributed by atoms with Crippen LogP contribution < -0.4 is 4.74 Å². The first kappa shape index (κ1) is 15.3. The molecule has 1 aliphatic carbocycles. The smallest absolute Gasteiger partial charge is 0.171 e. The maximum atomic E-state index is 14.4. The van der Waals surface area contributed by atoms with E-state index in [9.17, 15) is 9.50 Å². The Labute approximate surface area is 121 Å². The van der Waals surface area contributed by atoms with Gasteiger partial charge < -0.3 is 9.84 Å². The topological polar surface area (TPSA) is 29.5 Å². The van der Waals surface area contributed by atoms with Gasteiger partial charge in [-0.25, -0.2) is 4.39 Å². The lowest BCUT2D eigenvalue weighted by Crippen LogP contribution is -2.34. The van der Waals surface area contributed by atoms with Crippen LogP contribution in [0.4, 0.5) is 4.39 Å². The van der Waals surface area contributed by atoms with Gasteiger partial charge in [0.25, 0.3) is 0 Å². The van der Waals surface area contributed by atoms with Crippen LogP contribution in [0.15, 0.2) is 18.2 Å². The number of aliphatic hydroxyl groups is 1. The fraction of sp³-hybridized carbons (Fsp3) is 0.647. The van der Waals surface area contributed by atoms with Crippen molar-refractivity contribution in [2.24, 2.45) is 11.8 Å². The van der Waals surface area contributed by atoms with E-state index in [0.717, 1.165) is 19.3 Å². The summed E-state index contributed by atoms with van der Waals surface area (Å²) in [7, 11) is 1.45. The Morgan fingerprint density at radius 3 is 2.85 bits per heavy atom. The first-order chi connectivity index (χ1) is 9.46. The third kappa shape index (κ3) is 3.14. The van der Waals surface area contributed by atoms with Gasteiger partial charge in [0, 0.05) is 5.56 Å². The fourth-order valence-electron chi connectivity index (χ4n) is 3.51. The summed E-state index contributed by atoms with van der Waals surface area (Å²) in [5, 5.41) is 10.9. The highest BCUT2D eigenvalue weighted by atomic mass is 19.1. The second-order valence-electron chi connectivity index (χ2n) is 6.45. The van der Waals surface area contributed by atoms with Crippen molar-refractivity contribution in [3.8, 4) is 5.75 Å². The molecule has 1 aromatic rings. The zero-order valence-corrected chi connectivity index (χ0v) is 12.7. The second-order valence-corrected chi connectivity index (χ2v) is 6.45. The molecule has 0 aliphatic heterocycles. The second kappa shape index (κ2) is 6.13. The van der Waals surface area contributed by atoms with Gasteiger partial charge in [-0.05, 0) is 43.6 Å². The van der Waals surface area contributed by atoms with Crippen molar-refractivity contribution in [1.29, 1.82) is 0 Å². The highest BCUT2D eigenvalue weighted by molar-refractivity contribution is 5.35. The van der Waals surface area contributed by atoms with E-state index in [2.05, 4.69) is 13.8 Å². The lowest BCUT2D eigenvalue weighted by molar-refractivity contribution is -0.0274. The molecule has 2 atom stereocenters. The minimum Gasteiger partial charge on any atom is -0.494 e. The number of methoxy groups -OCH3 is 1. The van der Waals surface area contributed by atoms with Gasteiger partial charge in [0.15, 0.2) is 11.6 Å². The summed E-state index contributed by atoms with van der Waals surface area (Å²) >= 11 is 0. The Hall–Kier alpha value is -1.09. The molecular weight excluding hydrogens is 255 g/mol. The summed E-state index contributed by atoms with van der Waals surface area (Å²) in [5.74, 6) is 0.876. The minimum absolute atomic E-state index is 0.210. The molecule has 0 saturated heterocycles. The van der Waals surface area contributed by atoms with Crippen LogP contribution in [0.3, 0.4) is 0 Å². The van der Waals surface area contributed by atoms with Crippen LogP contribution >= 0.6 is 0 Å². The number of ether oxygens (including phenoxy) is 1. The normalized spacial score (nSPS) is 26.8. The molecule has 0 spiro atoms. The van der Waals surface area contributed by atoms with Crippen LogP contribution in [-0.4, -0.2) is 12.2 Å². The molecule has 2 unspecified atom stereocenters. The summed E-state index contributed by atoms with van der Waals surface area (Å²) in [6.45, 7) is 4.39. The maximum Gasteiger partial charge on any atom is 0.171 e. The zero-order valence-electron chi connectivity index (χ0n) is 12.7. The van der Waals surface area contributed by atoms with Crippen LogP contribution in [0.5, 0.6) is 5.75 Å². The predicted octanol–water partition coefficient (Wildman–Crippen LogP) is 4.26. The van der Waals surface area contributed by atoms with E-state index in [1.54, 1.807) is 18.2 Å². The third-order valence-corrected chi connectivity index (χ3v) is 4.32. The Morgan fingerprint density at radius 2 is 2.20 bits per heavy atom. The molecule has 1 aliphatic rings. The molecule has 20 heavy (non-hydrogen) atoms. The van der Waals surface area contributed by atoms with Gasteiger partial charge in [-0.15, -0.1) is 0 Å². The molecule has 3 heteroatoms. The lowest BCUT2D eigenvalue weighted by Gasteiger charge is -2.38. The van der Waals surface area contributed by atoms with Gasteiger partial charge in [-0.1, -0.05) is 32.4 Å². The van der Waals surface area contributed by atoms with E-state index in [1.807, 2.05) is 0 Å². The van der Waals surface area contributed by atoms with Crippen LogP contribution in [-0.2, 0) is 5.60 Å². The molecule has 0 bridgehead atoms. The Bertz CT molecular complexity index is 458. The fourth-order valence-corrected chi connectivity index (χ4v) is 3.51. The number of halogens is 1. The zero-order chi connectivity index (χ0) is 14.8. The van der Waals surface area contributed by atoms with E-state index in [-0.39, 0.29) is 5.75 Å². The van der Waals surface area contributed by atoms with Crippen molar-refractivity contribution in [2.45, 2.75) is 51.6 Å². The van der Waals surface area contributed by atoms with Crippen molar-refractivity contribution < 1.29 is 14.2 Å². The van der Waals surface area contributed by atoms with Crippen LogP contribution in [0, 0.1) is 17.7 Å². The van der Waals surface area contributed by atoms with Gasteiger partial charge in [0.1, 0.15) is 0 Å². The SMILES string of the molecule is COc1cccc(C2(O)CCCC(CC(C)C)C2)c1F. The van der Waals surface area contributed by atoms with Gasteiger partial charge in [-0.2, -0.15) is 0 Å². The largest absolute Gasteiger partial charge is 0.494 e. The summed E-state index contributed by atoms with van der Waals surface area (Å²) in [5.41, 5.74) is -0.651. The van der Waals surface area contributed by atoms with Gasteiger partial charge in [-0.3, -0.25) is 0 Å². The van der Waals surface area contributed by atoms with E-state index >= 15 is 0 Å². The summed E-state index contributed by atoms with van der Waals surface area (Å²) in [4.78, 5) is 0. The highest BCUT2D eigenvalue weighted by Crippen LogP contribution is 2.43. The predicted molar refractivity (Wildman–Crippen MR) is 78.3 cm³/mol. The average Bonchev–Trinajstić information content (AvgIpc) is 2.38. The van der Waals surface area contributed by atoms with Crippen molar-refractivity contribution in [3.05, 3.63) is 29.6 Å². The molecule has 1 N–H and O–H groups in total. The first-order valence-electron chi connectivity index (χ1n) is 7.51. The van der Waals surface area contributed by atoms with E-state index in [1.165, 1.54) is 7.11 Å². The number of benzene rings is 1. The molecule has 1 fully saturated rings. The van der Waals surface area contributed by atoms with E-state index in [0.29, 0.717) is 30.2 Å². The number of rotatable bonds is 4. The Balaban J connectivity index is 2.25. The summed E-state index contributed by atoms with van der Waals surface area (Å²) in [6, 6.07) is 5.04. The minimum atomic E-state index is -1.05. The summed E-state index contributed by atoms with van der Waals surface area (Å²) in [6.07, 6.45) is 4.45. The van der Waals surface area contributed by atoms with Crippen LogP contribution in [0.2, 0.25) is 0 Å². The number of hydrogen-bond donors (Lipinski definition) is 1. The molecule has 0 radical (unpaired) electrons. The Morgan fingerprint density at radius 1 is 1.45 bits per heavy atom. The van der Waals surface area contributed by atoms with Crippen LogP contribution in [0.1, 0.15) is 51.5 Å².